The first-order valence-corrected chi connectivity index (χ1v) is 9.00. The minimum Gasteiger partial charge on any atom is -0.478 e. The molecule has 0 amide bonds. The van der Waals surface area contributed by atoms with Crippen molar-refractivity contribution in [3.63, 3.8) is 0 Å². The third-order valence-corrected chi connectivity index (χ3v) is 5.36. The molecule has 0 bridgehead atoms. The van der Waals surface area contributed by atoms with Crippen LogP contribution in [-0.4, -0.2) is 42.3 Å². The maximum atomic E-state index is 5.40. The van der Waals surface area contributed by atoms with Crippen molar-refractivity contribution >= 4 is 5.82 Å². The summed E-state index contributed by atoms with van der Waals surface area (Å²) in [4.78, 5) is 11.1. The maximum absolute atomic E-state index is 5.40. The molecule has 2 aliphatic heterocycles. The van der Waals surface area contributed by atoms with Crippen LogP contribution in [0.4, 0.5) is 5.82 Å². The van der Waals surface area contributed by atoms with Crippen LogP contribution in [0.25, 0.3) is 0 Å². The van der Waals surface area contributed by atoms with E-state index in [-0.39, 0.29) is 0 Å². The number of hydrogen-bond acceptors (Lipinski definition) is 6. The SMILES string of the molecule is COc1nccnc1N1CCC2NNC(CCc3ccccc3)C2C1. The van der Waals surface area contributed by atoms with Crippen molar-refractivity contribution < 1.29 is 4.74 Å². The second-order valence-corrected chi connectivity index (χ2v) is 6.81. The first kappa shape index (κ1) is 16.3. The van der Waals surface area contributed by atoms with Gasteiger partial charge in [0.2, 0.25) is 0 Å². The van der Waals surface area contributed by atoms with Gasteiger partial charge < -0.3 is 9.64 Å². The Balaban J connectivity index is 1.43. The number of hydrogen-bond donors (Lipinski definition) is 2. The number of aromatic nitrogens is 2. The molecule has 1 aromatic heterocycles. The van der Waals surface area contributed by atoms with Gasteiger partial charge in [0.1, 0.15) is 0 Å². The topological polar surface area (TPSA) is 62.3 Å². The summed E-state index contributed by atoms with van der Waals surface area (Å²) in [5, 5.41) is 0. The predicted molar refractivity (Wildman–Crippen MR) is 97.5 cm³/mol. The molecule has 2 aromatic rings. The van der Waals surface area contributed by atoms with E-state index in [4.69, 9.17) is 4.74 Å². The minimum absolute atomic E-state index is 0.468. The highest BCUT2D eigenvalue weighted by atomic mass is 16.5. The first-order valence-electron chi connectivity index (χ1n) is 9.00. The van der Waals surface area contributed by atoms with Gasteiger partial charge in [-0.2, -0.15) is 0 Å². The van der Waals surface area contributed by atoms with Crippen LogP contribution in [0.2, 0.25) is 0 Å². The van der Waals surface area contributed by atoms with Gasteiger partial charge in [0.25, 0.3) is 5.88 Å². The Hall–Kier alpha value is -2.18. The average molecular weight is 339 g/mol. The second kappa shape index (κ2) is 7.37. The number of hydrazine groups is 1. The lowest BCUT2D eigenvalue weighted by molar-refractivity contribution is 0.337. The fourth-order valence-corrected chi connectivity index (χ4v) is 4.01. The van der Waals surface area contributed by atoms with E-state index >= 15 is 0 Å². The Morgan fingerprint density at radius 3 is 2.84 bits per heavy atom. The van der Waals surface area contributed by atoms with Gasteiger partial charge in [0.05, 0.1) is 7.11 Å². The summed E-state index contributed by atoms with van der Waals surface area (Å²) in [5.41, 5.74) is 8.43. The zero-order valence-corrected chi connectivity index (χ0v) is 14.6. The lowest BCUT2D eigenvalue weighted by Crippen LogP contribution is -2.47. The molecular formula is C19H25N5O. The van der Waals surface area contributed by atoms with E-state index in [9.17, 15) is 0 Å². The average Bonchev–Trinajstić information content (AvgIpc) is 3.09. The second-order valence-electron chi connectivity index (χ2n) is 6.81. The molecule has 2 aliphatic rings. The van der Waals surface area contributed by atoms with Crippen LogP contribution in [-0.2, 0) is 6.42 Å². The van der Waals surface area contributed by atoms with Crippen molar-refractivity contribution in [2.45, 2.75) is 31.3 Å². The van der Waals surface area contributed by atoms with Gasteiger partial charge in [-0.25, -0.2) is 9.97 Å². The molecule has 0 spiro atoms. The highest BCUT2D eigenvalue weighted by molar-refractivity contribution is 5.48. The number of nitrogens with zero attached hydrogens (tertiary/aromatic N) is 3. The molecule has 0 aliphatic carbocycles. The van der Waals surface area contributed by atoms with Gasteiger partial charge in [-0.05, 0) is 24.8 Å². The quantitative estimate of drug-likeness (QED) is 0.866. The van der Waals surface area contributed by atoms with Gasteiger partial charge >= 0.3 is 0 Å². The summed E-state index contributed by atoms with van der Waals surface area (Å²) in [7, 11) is 1.65. The number of aryl methyl sites for hydroxylation is 1. The summed E-state index contributed by atoms with van der Waals surface area (Å²) in [5.74, 6) is 2.03. The number of methoxy groups -OCH3 is 1. The zero-order chi connectivity index (χ0) is 17.1. The molecule has 3 atom stereocenters. The molecule has 4 rings (SSSR count). The van der Waals surface area contributed by atoms with Crippen LogP contribution in [0.5, 0.6) is 5.88 Å². The van der Waals surface area contributed by atoms with Crippen LogP contribution in [0.15, 0.2) is 42.7 Å². The van der Waals surface area contributed by atoms with E-state index in [1.54, 1.807) is 19.5 Å². The molecule has 25 heavy (non-hydrogen) atoms. The van der Waals surface area contributed by atoms with Crippen molar-refractivity contribution in [3.05, 3.63) is 48.3 Å². The smallest absolute Gasteiger partial charge is 0.257 e. The van der Waals surface area contributed by atoms with E-state index in [1.807, 2.05) is 0 Å². The zero-order valence-electron chi connectivity index (χ0n) is 14.6. The molecule has 3 unspecified atom stereocenters. The number of piperidine rings is 1. The molecule has 2 saturated heterocycles. The van der Waals surface area contributed by atoms with Crippen molar-refractivity contribution in [1.82, 2.24) is 20.8 Å². The summed E-state index contributed by atoms with van der Waals surface area (Å²) in [6, 6.07) is 11.7. The molecule has 0 radical (unpaired) electrons. The molecule has 2 fully saturated rings. The van der Waals surface area contributed by atoms with Crippen molar-refractivity contribution in [1.29, 1.82) is 0 Å². The van der Waals surface area contributed by atoms with Gasteiger partial charge in [0.15, 0.2) is 5.82 Å². The van der Waals surface area contributed by atoms with E-state index < -0.39 is 0 Å². The van der Waals surface area contributed by atoms with Gasteiger partial charge in [0, 0.05) is 43.5 Å². The van der Waals surface area contributed by atoms with Crippen LogP contribution in [0.3, 0.4) is 0 Å². The highest BCUT2D eigenvalue weighted by Gasteiger charge is 2.40. The Kier molecular flexibility index (Phi) is 4.81. The van der Waals surface area contributed by atoms with E-state index in [0.717, 1.165) is 38.2 Å². The fourth-order valence-electron chi connectivity index (χ4n) is 4.01. The van der Waals surface area contributed by atoms with Gasteiger partial charge in [-0.15, -0.1) is 0 Å². The molecule has 1 aromatic carbocycles. The minimum atomic E-state index is 0.468. The van der Waals surface area contributed by atoms with E-state index in [1.165, 1.54) is 5.56 Å². The number of rotatable bonds is 5. The summed E-state index contributed by atoms with van der Waals surface area (Å²) >= 11 is 0. The summed E-state index contributed by atoms with van der Waals surface area (Å²) < 4.78 is 5.40. The third kappa shape index (κ3) is 3.45. The number of anilines is 1. The Morgan fingerprint density at radius 2 is 2.00 bits per heavy atom. The van der Waals surface area contributed by atoms with Crippen LogP contribution in [0, 0.1) is 5.92 Å². The number of ether oxygens (including phenoxy) is 1. The number of nitrogens with one attached hydrogen (secondary N) is 2. The fraction of sp³-hybridized carbons (Fsp3) is 0.474. The Bertz CT molecular complexity index is 695. The van der Waals surface area contributed by atoms with Gasteiger partial charge in [-0.3, -0.25) is 10.9 Å². The highest BCUT2D eigenvalue weighted by Crippen LogP contribution is 2.31. The molecule has 2 N–H and O–H groups in total. The van der Waals surface area contributed by atoms with Crippen LogP contribution < -0.4 is 20.5 Å². The van der Waals surface area contributed by atoms with Crippen LogP contribution >= 0.6 is 0 Å². The molecular weight excluding hydrogens is 314 g/mol. The van der Waals surface area contributed by atoms with E-state index in [0.29, 0.717) is 23.9 Å². The standard InChI is InChI=1S/C19H25N5O/c1-25-19-18(20-10-11-21-19)24-12-9-17-15(13-24)16(22-23-17)8-7-14-5-3-2-4-6-14/h2-6,10-11,15-17,22-23H,7-9,12-13H2,1H3. The lowest BCUT2D eigenvalue weighted by Gasteiger charge is -2.37. The van der Waals surface area contributed by atoms with E-state index in [2.05, 4.69) is 56.1 Å². The molecule has 6 nitrogen and oxygen atoms in total. The molecule has 132 valence electrons. The summed E-state index contributed by atoms with van der Waals surface area (Å²) in [6.45, 7) is 1.94. The predicted octanol–water partition coefficient (Wildman–Crippen LogP) is 1.79. The third-order valence-electron chi connectivity index (χ3n) is 5.36. The van der Waals surface area contributed by atoms with Crippen LogP contribution in [0.1, 0.15) is 18.4 Å². The molecule has 6 heteroatoms. The Morgan fingerprint density at radius 1 is 1.16 bits per heavy atom. The normalized spacial score (nSPS) is 25.6. The lowest BCUT2D eigenvalue weighted by atomic mass is 9.86. The van der Waals surface area contributed by atoms with Crippen molar-refractivity contribution in [2.24, 2.45) is 5.92 Å². The van der Waals surface area contributed by atoms with Gasteiger partial charge in [-0.1, -0.05) is 30.3 Å². The van der Waals surface area contributed by atoms with Crippen molar-refractivity contribution in [2.75, 3.05) is 25.1 Å². The molecule has 3 heterocycles. The Labute approximate surface area is 148 Å². The largest absolute Gasteiger partial charge is 0.478 e. The first-order chi connectivity index (χ1) is 12.3. The maximum Gasteiger partial charge on any atom is 0.257 e. The number of fused-ring (bicyclic) bond motifs is 1. The molecule has 0 saturated carbocycles. The summed E-state index contributed by atoms with van der Waals surface area (Å²) in [6.07, 6.45) is 6.74. The monoisotopic (exact) mass is 339 g/mol. The van der Waals surface area contributed by atoms with Crippen molar-refractivity contribution in [3.8, 4) is 5.88 Å². The number of benzene rings is 1.